The average Bonchev–Trinajstić information content (AvgIpc) is 2.49. The van der Waals surface area contributed by atoms with Crippen LogP contribution in [-0.2, 0) is 0 Å². The van der Waals surface area contributed by atoms with E-state index in [9.17, 15) is 9.59 Å². The number of amides is 1. The zero-order chi connectivity index (χ0) is 17.0. The molecule has 7 nitrogen and oxygen atoms in total. The van der Waals surface area contributed by atoms with Crippen LogP contribution in [-0.4, -0.2) is 33.4 Å². The molecule has 0 unspecified atom stereocenters. The normalized spacial score (nSPS) is 8.36. The van der Waals surface area contributed by atoms with E-state index in [0.717, 1.165) is 0 Å². The van der Waals surface area contributed by atoms with Gasteiger partial charge in [0.15, 0.2) is 0 Å². The predicted molar refractivity (Wildman–Crippen MR) is 79.0 cm³/mol. The number of carboxylic acids is 2. The second-order valence-corrected chi connectivity index (χ2v) is 3.68. The quantitative estimate of drug-likeness (QED) is 0.672. The maximum Gasteiger partial charge on any atom is 0.402 e. The molecule has 0 heterocycles. The fraction of sp³-hybridized carbons (Fsp3) is 0. The molecule has 0 saturated heterocycles. The summed E-state index contributed by atoms with van der Waals surface area (Å²) >= 11 is 0. The number of hydrogen-bond donors (Lipinski definition) is 4. The fourth-order valence-electron chi connectivity index (χ4n) is 1.16. The molecule has 2 aromatic carbocycles. The molecular weight excluding hydrogens is 290 g/mol. The molecule has 1 amide bonds. The van der Waals surface area contributed by atoms with Gasteiger partial charge in [0.2, 0.25) is 0 Å². The van der Waals surface area contributed by atoms with Gasteiger partial charge in [-0.15, -0.1) is 0 Å². The minimum atomic E-state index is -1.33. The number of rotatable bonds is 2. The van der Waals surface area contributed by atoms with Crippen molar-refractivity contribution in [3.05, 3.63) is 71.8 Å². The number of hydrogen-bond acceptors (Lipinski definition) is 3. The SMILES string of the molecule is NC(=O)O.O=C(O)c1ccccc1.O=C(O)c1ccccc1. The van der Waals surface area contributed by atoms with E-state index in [2.05, 4.69) is 5.73 Å². The molecule has 0 saturated carbocycles. The van der Waals surface area contributed by atoms with Crippen molar-refractivity contribution in [3.63, 3.8) is 0 Å². The Kier molecular flexibility index (Phi) is 8.85. The third-order valence-corrected chi connectivity index (χ3v) is 2.04. The summed E-state index contributed by atoms with van der Waals surface area (Å²) in [7, 11) is 0. The van der Waals surface area contributed by atoms with Crippen LogP contribution in [0.25, 0.3) is 0 Å². The summed E-state index contributed by atoms with van der Waals surface area (Å²) in [4.78, 5) is 29.2. The van der Waals surface area contributed by atoms with Crippen LogP contribution in [0.15, 0.2) is 60.7 Å². The topological polar surface area (TPSA) is 138 Å². The van der Waals surface area contributed by atoms with Crippen molar-refractivity contribution in [2.24, 2.45) is 5.73 Å². The molecule has 0 aliphatic carbocycles. The third kappa shape index (κ3) is 9.56. The van der Waals surface area contributed by atoms with Crippen molar-refractivity contribution < 1.29 is 29.7 Å². The lowest BCUT2D eigenvalue weighted by Crippen LogP contribution is -2.03. The average molecular weight is 305 g/mol. The predicted octanol–water partition coefficient (Wildman–Crippen LogP) is 2.39. The number of carboxylic acid groups (broad SMARTS) is 3. The minimum absolute atomic E-state index is 0.331. The van der Waals surface area contributed by atoms with Crippen LogP contribution >= 0.6 is 0 Å². The van der Waals surface area contributed by atoms with Crippen molar-refractivity contribution in [2.75, 3.05) is 0 Å². The van der Waals surface area contributed by atoms with Gasteiger partial charge in [-0.3, -0.25) is 0 Å². The van der Waals surface area contributed by atoms with Crippen molar-refractivity contribution in [2.45, 2.75) is 0 Å². The molecule has 0 aliphatic rings. The smallest absolute Gasteiger partial charge is 0.402 e. The van der Waals surface area contributed by atoms with Crippen LogP contribution in [0.1, 0.15) is 20.7 Å². The summed E-state index contributed by atoms with van der Waals surface area (Å²) in [5, 5.41) is 24.0. The summed E-state index contributed by atoms with van der Waals surface area (Å²) in [6, 6.07) is 16.6. The summed E-state index contributed by atoms with van der Waals surface area (Å²) in [5.74, 6) is -1.76. The van der Waals surface area contributed by atoms with Crippen LogP contribution in [0.4, 0.5) is 4.79 Å². The van der Waals surface area contributed by atoms with E-state index < -0.39 is 18.0 Å². The highest BCUT2D eigenvalue weighted by atomic mass is 16.4. The van der Waals surface area contributed by atoms with E-state index in [1.54, 1.807) is 60.7 Å². The number of primary amides is 1. The molecule has 0 fully saturated rings. The van der Waals surface area contributed by atoms with E-state index in [0.29, 0.717) is 11.1 Å². The third-order valence-electron chi connectivity index (χ3n) is 2.04. The molecule has 0 atom stereocenters. The molecule has 0 bridgehead atoms. The Balaban J connectivity index is 0.000000326. The van der Waals surface area contributed by atoms with E-state index >= 15 is 0 Å². The molecule has 0 aliphatic heterocycles. The Hall–Kier alpha value is -3.35. The zero-order valence-corrected chi connectivity index (χ0v) is 11.4. The van der Waals surface area contributed by atoms with Crippen LogP contribution in [0, 0.1) is 0 Å². The minimum Gasteiger partial charge on any atom is -0.478 e. The van der Waals surface area contributed by atoms with Gasteiger partial charge < -0.3 is 21.1 Å². The molecule has 0 radical (unpaired) electrons. The highest BCUT2D eigenvalue weighted by Gasteiger charge is 1.97. The first-order valence-electron chi connectivity index (χ1n) is 5.89. The monoisotopic (exact) mass is 305 g/mol. The van der Waals surface area contributed by atoms with Gasteiger partial charge in [0.25, 0.3) is 0 Å². The van der Waals surface area contributed by atoms with Crippen LogP contribution in [0.3, 0.4) is 0 Å². The van der Waals surface area contributed by atoms with Gasteiger partial charge in [-0.2, -0.15) is 0 Å². The van der Waals surface area contributed by atoms with E-state index in [4.69, 9.17) is 20.1 Å². The van der Waals surface area contributed by atoms with Crippen molar-refractivity contribution >= 4 is 18.0 Å². The van der Waals surface area contributed by atoms with Gasteiger partial charge in [-0.1, -0.05) is 36.4 Å². The molecule has 0 aromatic heterocycles. The van der Waals surface area contributed by atoms with Crippen molar-refractivity contribution in [1.82, 2.24) is 0 Å². The Morgan fingerprint density at radius 2 is 0.864 bits per heavy atom. The lowest BCUT2D eigenvalue weighted by atomic mass is 10.2. The lowest BCUT2D eigenvalue weighted by molar-refractivity contribution is 0.0686. The number of benzene rings is 2. The number of carbonyl (C=O) groups is 3. The standard InChI is InChI=1S/2C7H6O2.CH3NO2/c2*8-7(9)6-4-2-1-3-5-6;2-1(3)4/h2*1-5H,(H,8,9);2H2,(H,3,4). The van der Waals surface area contributed by atoms with Crippen molar-refractivity contribution in [3.8, 4) is 0 Å². The largest absolute Gasteiger partial charge is 0.478 e. The molecule has 2 aromatic rings. The van der Waals surface area contributed by atoms with Gasteiger partial charge >= 0.3 is 18.0 Å². The zero-order valence-electron chi connectivity index (χ0n) is 11.4. The Morgan fingerprint density at radius 3 is 1.00 bits per heavy atom. The highest BCUT2D eigenvalue weighted by Crippen LogP contribution is 1.96. The summed E-state index contributed by atoms with van der Waals surface area (Å²) in [6.45, 7) is 0. The number of aromatic carboxylic acids is 2. The molecule has 7 heteroatoms. The molecule has 116 valence electrons. The number of nitrogens with two attached hydrogens (primary N) is 1. The summed E-state index contributed by atoms with van der Waals surface area (Å²) in [5.41, 5.74) is 4.69. The Morgan fingerprint density at radius 1 is 0.636 bits per heavy atom. The summed E-state index contributed by atoms with van der Waals surface area (Å²) < 4.78 is 0. The Labute approximate surface area is 126 Å². The van der Waals surface area contributed by atoms with Gasteiger partial charge in [0, 0.05) is 0 Å². The second-order valence-electron chi connectivity index (χ2n) is 3.68. The van der Waals surface area contributed by atoms with E-state index in [-0.39, 0.29) is 0 Å². The molecule has 5 N–H and O–H groups in total. The van der Waals surface area contributed by atoms with Gasteiger partial charge in [-0.05, 0) is 24.3 Å². The summed E-state index contributed by atoms with van der Waals surface area (Å²) in [6.07, 6.45) is -1.33. The Bertz CT molecular complexity index is 544. The molecular formula is C15H15NO6. The molecule has 22 heavy (non-hydrogen) atoms. The van der Waals surface area contributed by atoms with E-state index in [1.807, 2.05) is 0 Å². The second kappa shape index (κ2) is 10.4. The maximum atomic E-state index is 10.2. The first kappa shape index (κ1) is 18.6. The van der Waals surface area contributed by atoms with Gasteiger partial charge in [0.05, 0.1) is 11.1 Å². The molecule has 0 spiro atoms. The van der Waals surface area contributed by atoms with Crippen LogP contribution < -0.4 is 5.73 Å². The van der Waals surface area contributed by atoms with E-state index in [1.165, 1.54) is 0 Å². The fourth-order valence-corrected chi connectivity index (χ4v) is 1.16. The first-order valence-corrected chi connectivity index (χ1v) is 5.89. The molecule has 2 rings (SSSR count). The van der Waals surface area contributed by atoms with Crippen LogP contribution in [0.2, 0.25) is 0 Å². The highest BCUT2D eigenvalue weighted by molar-refractivity contribution is 5.87. The van der Waals surface area contributed by atoms with Crippen LogP contribution in [0.5, 0.6) is 0 Å². The van der Waals surface area contributed by atoms with Crippen molar-refractivity contribution in [1.29, 1.82) is 0 Å². The van der Waals surface area contributed by atoms with Gasteiger partial charge in [0.1, 0.15) is 0 Å². The van der Waals surface area contributed by atoms with Gasteiger partial charge in [-0.25, -0.2) is 14.4 Å². The first-order chi connectivity index (χ1) is 10.3. The lowest BCUT2D eigenvalue weighted by Gasteiger charge is -1.88. The maximum absolute atomic E-state index is 10.2.